The van der Waals surface area contributed by atoms with E-state index in [1.807, 2.05) is 19.1 Å². The number of anilines is 2. The van der Waals surface area contributed by atoms with Crippen LogP contribution in [0.15, 0.2) is 58.9 Å². The highest BCUT2D eigenvalue weighted by Gasteiger charge is 2.35. The summed E-state index contributed by atoms with van der Waals surface area (Å²) >= 11 is 1.20. The Labute approximate surface area is 186 Å². The molecule has 0 saturated carbocycles. The second-order valence-electron chi connectivity index (χ2n) is 6.98. The normalized spacial score (nSPS) is 16.4. The number of benzene rings is 2. The van der Waals surface area contributed by atoms with Crippen molar-refractivity contribution in [3.63, 3.8) is 0 Å². The van der Waals surface area contributed by atoms with E-state index in [-0.39, 0.29) is 12.2 Å². The van der Waals surface area contributed by atoms with Gasteiger partial charge in [-0.15, -0.1) is 11.3 Å². The molecule has 0 spiro atoms. The van der Waals surface area contributed by atoms with Gasteiger partial charge in [0, 0.05) is 31.7 Å². The predicted molar refractivity (Wildman–Crippen MR) is 121 cm³/mol. The topological polar surface area (TPSA) is 97.8 Å². The Morgan fingerprint density at radius 3 is 2.65 bits per heavy atom. The van der Waals surface area contributed by atoms with E-state index in [2.05, 4.69) is 9.71 Å². The van der Waals surface area contributed by atoms with E-state index < -0.39 is 16.1 Å². The Morgan fingerprint density at radius 2 is 1.97 bits per heavy atom. The summed E-state index contributed by atoms with van der Waals surface area (Å²) in [7, 11) is -2.18. The van der Waals surface area contributed by atoms with Crippen molar-refractivity contribution in [1.29, 1.82) is 0 Å². The lowest BCUT2D eigenvalue weighted by Crippen LogP contribution is -2.32. The number of hydrogen-bond acceptors (Lipinski definition) is 7. The van der Waals surface area contributed by atoms with Crippen LogP contribution < -0.4 is 19.1 Å². The Morgan fingerprint density at radius 1 is 1.19 bits per heavy atom. The average molecular weight is 462 g/mol. The lowest BCUT2D eigenvalue weighted by molar-refractivity contribution is -0.122. The first-order valence-electron chi connectivity index (χ1n) is 9.52. The summed E-state index contributed by atoms with van der Waals surface area (Å²) in [6, 6.07) is 11.7. The first-order chi connectivity index (χ1) is 14.9. The molecule has 8 nitrogen and oxygen atoms in total. The van der Waals surface area contributed by atoms with Gasteiger partial charge in [-0.1, -0.05) is 6.07 Å². The molecule has 1 amide bonds. The molecule has 1 aromatic heterocycles. The third kappa shape index (κ3) is 4.49. The van der Waals surface area contributed by atoms with Gasteiger partial charge in [-0.2, -0.15) is 0 Å². The monoisotopic (exact) mass is 461 g/mol. The summed E-state index contributed by atoms with van der Waals surface area (Å²) in [6.45, 7) is 2.42. The van der Waals surface area contributed by atoms with Crippen LogP contribution in [0.2, 0.25) is 0 Å². The molecule has 1 unspecified atom stereocenters. The molecule has 1 N–H and O–H groups in total. The van der Waals surface area contributed by atoms with Crippen molar-refractivity contribution in [3.8, 4) is 11.5 Å². The highest BCUT2D eigenvalue weighted by Crippen LogP contribution is 2.32. The first-order valence-corrected chi connectivity index (χ1v) is 11.9. The fourth-order valence-electron chi connectivity index (χ4n) is 3.30. The molecule has 2 heterocycles. The zero-order chi connectivity index (χ0) is 22.0. The van der Waals surface area contributed by atoms with E-state index in [4.69, 9.17) is 9.47 Å². The predicted octanol–water partition coefficient (Wildman–Crippen LogP) is 3.69. The Balaban J connectivity index is 0.00000289. The summed E-state index contributed by atoms with van der Waals surface area (Å²) in [4.78, 5) is 18.5. The maximum atomic E-state index is 12.9. The molecule has 164 valence electrons. The fraction of sp³-hybridized carbons (Fsp3) is 0.238. The van der Waals surface area contributed by atoms with E-state index >= 15 is 0 Å². The van der Waals surface area contributed by atoms with E-state index in [0.29, 0.717) is 35.3 Å². The smallest absolute Gasteiger partial charge is 0.268 e. The number of sulfonamides is 1. The van der Waals surface area contributed by atoms with Gasteiger partial charge in [0.2, 0.25) is 0 Å². The largest absolute Gasteiger partial charge is 0.493 e. The number of rotatable bonds is 7. The van der Waals surface area contributed by atoms with Crippen molar-refractivity contribution in [1.82, 2.24) is 4.98 Å². The van der Waals surface area contributed by atoms with Crippen LogP contribution in [0.5, 0.6) is 11.5 Å². The summed E-state index contributed by atoms with van der Waals surface area (Å²) < 4.78 is 38.7. The number of nitrogens with zero attached hydrogens (tertiary/aromatic N) is 2. The van der Waals surface area contributed by atoms with E-state index in [1.54, 1.807) is 35.6 Å². The molecule has 0 radical (unpaired) electrons. The second-order valence-corrected chi connectivity index (χ2v) is 9.55. The third-order valence-electron chi connectivity index (χ3n) is 4.86. The standard InChI is InChI=1S/C21H21N3O5S2.H2/c1-14-3-8-17(19(13-14)28-2)29-18-9-11-24(20(18)25)15-4-6-16(7-5-15)31(26,27)23-21-22-10-12-30-21;/h3-8,10,12-13,18H,9,11H2,1-2H3,(H,22,23);1H. The minimum absolute atomic E-state index is 0. The van der Waals surface area contributed by atoms with Crippen LogP contribution in [0.25, 0.3) is 0 Å². The molecule has 0 bridgehead atoms. The number of hydrogen-bond donors (Lipinski definition) is 1. The van der Waals surface area contributed by atoms with Crippen LogP contribution in [0.3, 0.4) is 0 Å². The van der Waals surface area contributed by atoms with Gasteiger partial charge in [-0.3, -0.25) is 9.52 Å². The van der Waals surface area contributed by atoms with Gasteiger partial charge in [0.15, 0.2) is 22.7 Å². The van der Waals surface area contributed by atoms with Crippen molar-refractivity contribution in [2.75, 3.05) is 23.3 Å². The average Bonchev–Trinajstić information content (AvgIpc) is 3.39. The zero-order valence-electron chi connectivity index (χ0n) is 16.9. The number of aryl methyl sites for hydroxylation is 1. The van der Waals surface area contributed by atoms with E-state index in [1.165, 1.54) is 29.7 Å². The quantitative estimate of drug-likeness (QED) is 0.576. The van der Waals surface area contributed by atoms with Gasteiger partial charge in [0.05, 0.1) is 12.0 Å². The number of methoxy groups -OCH3 is 1. The molecule has 1 aliphatic rings. The van der Waals surface area contributed by atoms with E-state index in [9.17, 15) is 13.2 Å². The van der Waals surface area contributed by atoms with Gasteiger partial charge in [0.25, 0.3) is 15.9 Å². The molecular formula is C21H23N3O5S2. The van der Waals surface area contributed by atoms with Crippen LogP contribution in [0.4, 0.5) is 10.8 Å². The molecule has 1 saturated heterocycles. The SMILES string of the molecule is COc1cc(C)ccc1OC1CCN(c2ccc(S(=O)(=O)Nc3nccs3)cc2)C1=O.[HH]. The molecule has 0 aliphatic carbocycles. The number of ether oxygens (including phenoxy) is 2. The van der Waals surface area contributed by atoms with Crippen molar-refractivity contribution >= 4 is 38.1 Å². The summed E-state index contributed by atoms with van der Waals surface area (Å²) in [5.74, 6) is 0.913. The van der Waals surface area contributed by atoms with Gasteiger partial charge < -0.3 is 14.4 Å². The molecule has 4 rings (SSSR count). The molecule has 3 aromatic rings. The summed E-state index contributed by atoms with van der Waals surface area (Å²) in [6.07, 6.45) is 1.41. The molecule has 31 heavy (non-hydrogen) atoms. The molecule has 1 fully saturated rings. The minimum Gasteiger partial charge on any atom is -0.493 e. The van der Waals surface area contributed by atoms with Crippen LogP contribution >= 0.6 is 11.3 Å². The summed E-state index contributed by atoms with van der Waals surface area (Å²) in [5, 5.41) is 1.98. The van der Waals surface area contributed by atoms with E-state index in [0.717, 1.165) is 5.56 Å². The van der Waals surface area contributed by atoms with Crippen LogP contribution in [0.1, 0.15) is 13.4 Å². The molecular weight excluding hydrogens is 438 g/mol. The van der Waals surface area contributed by atoms with Crippen molar-refractivity contribution in [3.05, 3.63) is 59.6 Å². The molecule has 2 aromatic carbocycles. The van der Waals surface area contributed by atoms with Gasteiger partial charge in [-0.05, 0) is 48.9 Å². The molecule has 10 heteroatoms. The number of carbonyl (C=O) groups excluding carboxylic acids is 1. The number of aromatic nitrogens is 1. The van der Waals surface area contributed by atoms with Crippen LogP contribution in [0, 0.1) is 6.92 Å². The second kappa shape index (κ2) is 8.56. The van der Waals surface area contributed by atoms with Crippen molar-refractivity contribution < 1.29 is 24.1 Å². The lowest BCUT2D eigenvalue weighted by Gasteiger charge is -2.18. The number of thiazole rings is 1. The Kier molecular flexibility index (Phi) is 5.84. The summed E-state index contributed by atoms with van der Waals surface area (Å²) in [5.41, 5.74) is 1.64. The van der Waals surface area contributed by atoms with Crippen molar-refractivity contribution in [2.45, 2.75) is 24.3 Å². The minimum atomic E-state index is -3.74. The van der Waals surface area contributed by atoms with Gasteiger partial charge >= 0.3 is 0 Å². The molecule has 1 aliphatic heterocycles. The maximum Gasteiger partial charge on any atom is 0.268 e. The Hall–Kier alpha value is -3.11. The third-order valence-corrected chi connectivity index (χ3v) is 7.03. The van der Waals surface area contributed by atoms with Gasteiger partial charge in [-0.25, -0.2) is 13.4 Å². The van der Waals surface area contributed by atoms with Crippen LogP contribution in [-0.4, -0.2) is 39.1 Å². The van der Waals surface area contributed by atoms with Gasteiger partial charge in [0.1, 0.15) is 0 Å². The molecule has 1 atom stereocenters. The van der Waals surface area contributed by atoms with Crippen molar-refractivity contribution in [2.24, 2.45) is 0 Å². The highest BCUT2D eigenvalue weighted by atomic mass is 32.2. The highest BCUT2D eigenvalue weighted by molar-refractivity contribution is 7.93. The fourth-order valence-corrected chi connectivity index (χ4v) is 5.09. The van der Waals surface area contributed by atoms with Crippen LogP contribution in [-0.2, 0) is 14.8 Å². The Bertz CT molecular complexity index is 1180. The number of amides is 1. The number of carbonyl (C=O) groups is 1. The zero-order valence-corrected chi connectivity index (χ0v) is 18.6. The maximum absolute atomic E-state index is 12.9. The first kappa shape index (κ1) is 21.1. The lowest BCUT2D eigenvalue weighted by atomic mass is 10.2. The number of nitrogens with one attached hydrogen (secondary N) is 1.